The Morgan fingerprint density at radius 2 is 0.840 bits per heavy atom. The Hall–Kier alpha value is -11.2. The lowest BCUT2D eigenvalue weighted by molar-refractivity contribution is -0.138. The highest BCUT2D eigenvalue weighted by molar-refractivity contribution is 6.14. The minimum Gasteiger partial charge on any atom is -0.461 e. The molecule has 12 N–H and O–H groups in total. The van der Waals surface area contributed by atoms with Crippen molar-refractivity contribution in [1.82, 2.24) is 61.1 Å². The molecular weight excluding hydrogens is 1550 g/mol. The number of nitrogens with zero attached hydrogens (tertiary/aromatic N) is 12. The number of nitrogens with one attached hydrogen (secondary N) is 4. The fraction of sp³-hybridized carbons (Fsp3) is 0.435. The first-order valence-electron chi connectivity index (χ1n) is 39.8. The topological polar surface area (TPSA) is 350 Å². The van der Waals surface area contributed by atoms with Gasteiger partial charge in [0.1, 0.15) is 80.8 Å². The summed E-state index contributed by atoms with van der Waals surface area (Å²) in [6.07, 6.45) is -2.59. The summed E-state index contributed by atoms with van der Waals surface area (Å²) < 4.78 is 129. The molecule has 642 valence electrons. The van der Waals surface area contributed by atoms with Crippen LogP contribution in [0.25, 0.3) is 11.3 Å². The van der Waals surface area contributed by atoms with Gasteiger partial charge >= 0.3 is 18.5 Å². The molecule has 0 bridgehead atoms. The summed E-state index contributed by atoms with van der Waals surface area (Å²) in [7, 11) is 0. The summed E-state index contributed by atoms with van der Waals surface area (Å²) in [5.74, 6) is 1.28. The van der Waals surface area contributed by atoms with E-state index in [1.807, 2.05) is 45.9 Å². The molecule has 9 aromatic rings. The molecule has 1 spiro atoms. The third-order valence-corrected chi connectivity index (χ3v) is 21.8. The Kier molecular flexibility index (Phi) is 28.1. The molecule has 0 aromatic carbocycles. The number of hydrogen-bond donors (Lipinski definition) is 8. The van der Waals surface area contributed by atoms with Gasteiger partial charge in [-0.05, 0) is 172 Å². The number of piperazine rings is 4. The summed E-state index contributed by atoms with van der Waals surface area (Å²) in [5, 5.41) is 14.2. The number of nitrogen functional groups attached to an aromatic ring is 4. The molecule has 4 aliphatic heterocycles. The van der Waals surface area contributed by atoms with E-state index in [-0.39, 0.29) is 87.2 Å². The van der Waals surface area contributed by atoms with Crippen LogP contribution in [-0.4, -0.2) is 164 Å². The van der Waals surface area contributed by atoms with Crippen molar-refractivity contribution < 1.29 is 68.8 Å². The normalized spacial score (nSPS) is 18.8. The predicted octanol–water partition coefficient (Wildman–Crippen LogP) is 14.4. The monoisotopic (exact) mass is 1660 g/mol. The lowest BCUT2D eigenvalue weighted by Crippen LogP contribution is -2.68. The van der Waals surface area contributed by atoms with Crippen LogP contribution in [0.15, 0.2) is 138 Å². The van der Waals surface area contributed by atoms with E-state index in [2.05, 4.69) is 116 Å². The van der Waals surface area contributed by atoms with Gasteiger partial charge in [-0.2, -0.15) is 39.5 Å². The average molecular weight is 1660 g/mol. The maximum atomic E-state index is 13.7. The summed E-state index contributed by atoms with van der Waals surface area (Å²) in [6, 6.07) is 27.1. The SMILES string of the molecule is CC(C)C[C@H]1CN(c2ccc(C(F)(F)F)c(C(=O)c3cccnc3N)n2)CC2(CCC2)N1.CC[C@@H]1CN(c2ccc(C(F)(F)F)c(C(=O)c3cccnc3N)n2)C[C@H](C(C)C)N1.CC[C@H]1CN(c2ccc(C(F)(F)F)c(C(=O)c3cccnc3N)n2)C[C@H](C(C)C)N1.Cc1ccc(-c2ccc(N3CCNCC3)nc2C(=O)c2cccnc2N)o1.[HH].[HH].[HH].[HH]. The third-order valence-electron chi connectivity index (χ3n) is 21.8. The van der Waals surface area contributed by atoms with E-state index < -0.39 is 69.7 Å². The quantitative estimate of drug-likeness (QED) is 0.0275. The van der Waals surface area contributed by atoms with Gasteiger partial charge in [0.05, 0.1) is 38.9 Å². The Morgan fingerprint density at radius 1 is 0.479 bits per heavy atom. The van der Waals surface area contributed by atoms with Gasteiger partial charge in [0.15, 0.2) is 0 Å². The molecule has 34 heteroatoms. The minimum atomic E-state index is -4.72. The molecule has 1 aliphatic carbocycles. The van der Waals surface area contributed by atoms with Crippen LogP contribution in [0.3, 0.4) is 0 Å². The first-order valence-corrected chi connectivity index (χ1v) is 39.8. The number of rotatable bonds is 19. The van der Waals surface area contributed by atoms with E-state index in [9.17, 15) is 58.7 Å². The molecule has 0 amide bonds. The highest BCUT2D eigenvalue weighted by atomic mass is 19.4. The van der Waals surface area contributed by atoms with Gasteiger partial charge in [0.2, 0.25) is 23.1 Å². The predicted molar refractivity (Wildman–Crippen MR) is 448 cm³/mol. The maximum absolute atomic E-state index is 13.7. The van der Waals surface area contributed by atoms with E-state index in [1.165, 1.54) is 73.2 Å². The number of carbonyl (C=O) groups is 4. The number of anilines is 8. The second-order valence-corrected chi connectivity index (χ2v) is 31.5. The number of carbonyl (C=O) groups excluding carboxylic acids is 4. The van der Waals surface area contributed by atoms with Crippen LogP contribution in [0, 0.1) is 24.7 Å². The van der Waals surface area contributed by atoms with Crippen molar-refractivity contribution in [2.45, 2.75) is 155 Å². The third kappa shape index (κ3) is 21.4. The number of pyridine rings is 8. The molecule has 5 fully saturated rings. The van der Waals surface area contributed by atoms with Gasteiger partial charge in [0, 0.05) is 137 Å². The smallest absolute Gasteiger partial charge is 0.418 e. The second-order valence-electron chi connectivity index (χ2n) is 31.5. The van der Waals surface area contributed by atoms with Crippen LogP contribution in [0.4, 0.5) is 86.1 Å². The number of aryl methyl sites for hydroxylation is 1. The molecule has 25 nitrogen and oxygen atoms in total. The minimum absolute atomic E-state index is 0. The number of furan rings is 1. The van der Waals surface area contributed by atoms with Crippen molar-refractivity contribution in [3.63, 3.8) is 0 Å². The van der Waals surface area contributed by atoms with Gasteiger partial charge in [-0.3, -0.25) is 19.2 Å². The average Bonchev–Trinajstić information content (AvgIpc) is 1.74. The molecule has 1 saturated carbocycles. The highest BCUT2D eigenvalue weighted by Crippen LogP contribution is 2.42. The Bertz CT molecular complexity index is 4930. The van der Waals surface area contributed by atoms with E-state index >= 15 is 0 Å². The first-order chi connectivity index (χ1) is 56.4. The number of ketones is 4. The fourth-order valence-electron chi connectivity index (χ4n) is 15.1. The number of hydrogen-bond acceptors (Lipinski definition) is 25. The van der Waals surface area contributed by atoms with Crippen LogP contribution in [0.5, 0.6) is 0 Å². The van der Waals surface area contributed by atoms with E-state index in [4.69, 9.17) is 32.3 Å². The highest BCUT2D eigenvalue weighted by Gasteiger charge is 2.46. The number of halogens is 9. The molecule has 4 saturated heterocycles. The summed E-state index contributed by atoms with van der Waals surface area (Å²) >= 11 is 0. The summed E-state index contributed by atoms with van der Waals surface area (Å²) in [5.41, 5.74) is 18.9. The standard InChI is InChI=1S/C23H28F3N5O.2C21H26F3N5O.C20H21N5O2.4H2/c1-14(2)11-15-12-31(13-22(30-15)8-4-9-22)18-7-6-17(23(24,25)26)19(29-18)20(32)16-5-3-10-28-21(16)27;2*1-4-13-10-29(11-16(27-13)12(2)3)17-8-7-15(21(22,23)24)18(28-17)19(30)14-6-5-9-26-20(14)25;1-13-4-6-16(27-13)14-5-7-17(25-11-9-22-10-12-25)24-18(14)19(26)15-3-2-8-23-20(15)21;;;;/h3,5-7,10,14-15,30H,4,8-9,11-13H2,1-2H3,(H2,27,28);2*5-9,12-13,16,27H,4,10-11H2,1-3H3,(H2,25,26);2-8,22H,9-12H2,1H3,(H2,21,23);4*1H/t15-;13-,16+;13-,16-;;;;;/m001...../s1. The van der Waals surface area contributed by atoms with Gasteiger partial charge in [-0.25, -0.2) is 39.9 Å². The van der Waals surface area contributed by atoms with Crippen molar-refractivity contribution in [3.8, 4) is 11.3 Å². The van der Waals surface area contributed by atoms with Gasteiger partial charge < -0.3 is 68.2 Å². The molecule has 119 heavy (non-hydrogen) atoms. The zero-order valence-corrected chi connectivity index (χ0v) is 67.8. The van der Waals surface area contributed by atoms with Gasteiger partial charge in [-0.15, -0.1) is 0 Å². The zero-order valence-electron chi connectivity index (χ0n) is 67.8. The molecule has 5 aliphatic rings. The molecule has 13 heterocycles. The molecule has 9 aromatic heterocycles. The number of aromatic nitrogens is 8. The van der Waals surface area contributed by atoms with Gasteiger partial charge in [0.25, 0.3) is 0 Å². The van der Waals surface area contributed by atoms with E-state index in [0.29, 0.717) is 97.1 Å². The second kappa shape index (κ2) is 37.8. The number of nitrogens with two attached hydrogens (primary N) is 4. The van der Waals surface area contributed by atoms with E-state index in [0.717, 1.165) is 94.5 Å². The van der Waals surface area contributed by atoms with Crippen molar-refractivity contribution in [2.24, 2.45) is 17.8 Å². The Morgan fingerprint density at radius 3 is 1.18 bits per heavy atom. The Labute approximate surface area is 690 Å². The van der Waals surface area contributed by atoms with Crippen molar-refractivity contribution in [2.75, 3.05) is 108 Å². The number of alkyl halides is 9. The van der Waals surface area contributed by atoms with Crippen molar-refractivity contribution in [1.29, 1.82) is 0 Å². The van der Waals surface area contributed by atoms with Gasteiger partial charge in [-0.1, -0.05) is 55.4 Å². The molecule has 5 atom stereocenters. The van der Waals surface area contributed by atoms with Crippen LogP contribution in [0.1, 0.15) is 186 Å². The summed E-state index contributed by atoms with van der Waals surface area (Å²) in [6.45, 7) is 25.8. The lowest BCUT2D eigenvalue weighted by atomic mass is 9.74. The lowest BCUT2D eigenvalue weighted by Gasteiger charge is -2.53. The molecule has 0 radical (unpaired) electrons. The van der Waals surface area contributed by atoms with Crippen LogP contribution < -0.4 is 63.8 Å². The molecule has 0 unspecified atom stereocenters. The summed E-state index contributed by atoms with van der Waals surface area (Å²) in [4.78, 5) is 93.1. The Balaban J connectivity index is 0.000000223. The van der Waals surface area contributed by atoms with E-state index in [1.54, 1.807) is 18.3 Å². The van der Waals surface area contributed by atoms with Crippen LogP contribution >= 0.6 is 0 Å². The van der Waals surface area contributed by atoms with Crippen molar-refractivity contribution in [3.05, 3.63) is 201 Å². The first kappa shape index (κ1) is 88.6. The maximum Gasteiger partial charge on any atom is 0.418 e. The molecular formula is C85H109F9N20O5. The zero-order chi connectivity index (χ0) is 86.0. The fourth-order valence-corrected chi connectivity index (χ4v) is 15.1. The van der Waals surface area contributed by atoms with Crippen LogP contribution in [0.2, 0.25) is 0 Å². The van der Waals surface area contributed by atoms with Crippen LogP contribution in [-0.2, 0) is 18.5 Å². The largest absolute Gasteiger partial charge is 0.461 e. The molecule has 14 rings (SSSR count). The van der Waals surface area contributed by atoms with Crippen molar-refractivity contribution >= 4 is 69.7 Å².